The normalized spacial score (nSPS) is 9.50. The minimum atomic E-state index is 0.781. The first-order chi connectivity index (χ1) is 2.91. The Morgan fingerprint density at radius 3 is 2.50 bits per heavy atom. The van der Waals surface area contributed by atoms with E-state index < -0.39 is 0 Å². The smallest absolute Gasteiger partial charge is 0.142 e. The van der Waals surface area contributed by atoms with E-state index in [1.54, 1.807) is 0 Å². The Kier molecular flexibility index (Phi) is 3.98. The molecular formula is C5H8O. The Bertz CT molecular complexity index is 55.0. The van der Waals surface area contributed by atoms with Crippen molar-refractivity contribution in [1.29, 1.82) is 0 Å². The van der Waals surface area contributed by atoms with E-state index in [1.807, 2.05) is 13.0 Å². The largest absolute Gasteiger partial charge is 0.299 e. The Hall–Kier alpha value is -0.590. The van der Waals surface area contributed by atoms with Gasteiger partial charge in [-0.15, -0.1) is 0 Å². The van der Waals surface area contributed by atoms with Crippen molar-refractivity contribution in [2.24, 2.45) is 0 Å². The monoisotopic (exact) mass is 84.1 g/mol. The van der Waals surface area contributed by atoms with E-state index >= 15 is 0 Å². The number of allylic oxidation sites excluding steroid dienone is 2. The predicted octanol–water partition coefficient (Wildman–Crippen LogP) is 1.15. The Balaban J connectivity index is 2.94. The fraction of sp³-hybridized carbons (Fsp3) is 0.400. The van der Waals surface area contributed by atoms with Gasteiger partial charge in [0.25, 0.3) is 0 Å². The highest BCUT2D eigenvalue weighted by molar-refractivity contribution is 5.64. The van der Waals surface area contributed by atoms with Gasteiger partial charge in [-0.05, 0) is 12.5 Å². The van der Waals surface area contributed by atoms with Crippen molar-refractivity contribution in [3.63, 3.8) is 0 Å². The SMILES string of the molecule is CC/C=C\C=O. The van der Waals surface area contributed by atoms with E-state index in [0.29, 0.717) is 0 Å². The third-order valence-corrected chi connectivity index (χ3v) is 0.450. The van der Waals surface area contributed by atoms with E-state index in [-0.39, 0.29) is 0 Å². The van der Waals surface area contributed by atoms with E-state index in [4.69, 9.17) is 0 Å². The molecule has 0 aromatic heterocycles. The maximum absolute atomic E-state index is 9.48. The van der Waals surface area contributed by atoms with Gasteiger partial charge in [0.05, 0.1) is 0 Å². The standard InChI is InChI=1S/C5H8O/c1-2-3-4-5-6/h3-5H,2H2,1H3/b4-3-. The molecule has 0 aromatic carbocycles. The van der Waals surface area contributed by atoms with Crippen LogP contribution >= 0.6 is 0 Å². The van der Waals surface area contributed by atoms with Crippen molar-refractivity contribution in [3.05, 3.63) is 12.2 Å². The summed E-state index contributed by atoms with van der Waals surface area (Å²) in [5, 5.41) is 0. The lowest BCUT2D eigenvalue weighted by Crippen LogP contribution is -1.55. The molecule has 0 fully saturated rings. The minimum Gasteiger partial charge on any atom is -0.299 e. The summed E-state index contributed by atoms with van der Waals surface area (Å²) in [5.41, 5.74) is 0. The molecule has 34 valence electrons. The molecule has 0 rings (SSSR count). The van der Waals surface area contributed by atoms with Gasteiger partial charge in [-0.1, -0.05) is 13.0 Å². The third-order valence-electron chi connectivity index (χ3n) is 0.450. The summed E-state index contributed by atoms with van der Waals surface area (Å²) in [6.45, 7) is 1.99. The lowest BCUT2D eigenvalue weighted by Gasteiger charge is -1.65. The summed E-state index contributed by atoms with van der Waals surface area (Å²) >= 11 is 0. The second-order valence-electron chi connectivity index (χ2n) is 0.972. The fourth-order valence-corrected chi connectivity index (χ4v) is 0.192. The summed E-state index contributed by atoms with van der Waals surface area (Å²) in [6.07, 6.45) is 5.04. The van der Waals surface area contributed by atoms with Crippen LogP contribution in [0.4, 0.5) is 0 Å². The van der Waals surface area contributed by atoms with Crippen LogP contribution in [-0.2, 0) is 4.79 Å². The van der Waals surface area contributed by atoms with Crippen molar-refractivity contribution in [3.8, 4) is 0 Å². The van der Waals surface area contributed by atoms with Gasteiger partial charge in [0.15, 0.2) is 0 Å². The van der Waals surface area contributed by atoms with Gasteiger partial charge in [-0.25, -0.2) is 0 Å². The maximum Gasteiger partial charge on any atom is 0.142 e. The summed E-state index contributed by atoms with van der Waals surface area (Å²) in [4.78, 5) is 9.48. The molecule has 1 nitrogen and oxygen atoms in total. The number of hydrogen-bond acceptors (Lipinski definition) is 1. The Morgan fingerprint density at radius 1 is 1.67 bits per heavy atom. The number of hydrogen-bond donors (Lipinski definition) is 0. The summed E-state index contributed by atoms with van der Waals surface area (Å²) in [5.74, 6) is 0. The van der Waals surface area contributed by atoms with E-state index in [9.17, 15) is 4.79 Å². The third kappa shape index (κ3) is 3.41. The Labute approximate surface area is 37.7 Å². The molecule has 0 saturated carbocycles. The van der Waals surface area contributed by atoms with Crippen LogP contribution in [0.2, 0.25) is 0 Å². The van der Waals surface area contributed by atoms with Crippen molar-refractivity contribution in [2.45, 2.75) is 13.3 Å². The fourth-order valence-electron chi connectivity index (χ4n) is 0.192. The van der Waals surface area contributed by atoms with Crippen LogP contribution in [0, 0.1) is 0 Å². The highest BCUT2D eigenvalue weighted by atomic mass is 16.1. The van der Waals surface area contributed by atoms with Crippen LogP contribution in [0.5, 0.6) is 0 Å². The van der Waals surface area contributed by atoms with Crippen LogP contribution in [0.15, 0.2) is 12.2 Å². The van der Waals surface area contributed by atoms with Crippen LogP contribution in [-0.4, -0.2) is 6.29 Å². The molecule has 1 heteroatoms. The molecule has 0 amide bonds. The molecule has 0 N–H and O–H groups in total. The number of rotatable bonds is 2. The van der Waals surface area contributed by atoms with Crippen molar-refractivity contribution >= 4 is 6.29 Å². The molecule has 0 saturated heterocycles. The van der Waals surface area contributed by atoms with Gasteiger partial charge in [-0.2, -0.15) is 0 Å². The quantitative estimate of drug-likeness (QED) is 0.362. The van der Waals surface area contributed by atoms with Gasteiger partial charge in [0, 0.05) is 0 Å². The minimum absolute atomic E-state index is 0.781. The molecule has 0 bridgehead atoms. The van der Waals surface area contributed by atoms with E-state index in [2.05, 4.69) is 0 Å². The van der Waals surface area contributed by atoms with E-state index in [0.717, 1.165) is 12.7 Å². The second kappa shape index (κ2) is 4.41. The predicted molar refractivity (Wildman–Crippen MR) is 25.5 cm³/mol. The van der Waals surface area contributed by atoms with Gasteiger partial charge in [-0.3, -0.25) is 4.79 Å². The topological polar surface area (TPSA) is 17.1 Å². The number of carbonyl (C=O) groups excluding carboxylic acids is 1. The van der Waals surface area contributed by atoms with Crippen LogP contribution < -0.4 is 0 Å². The van der Waals surface area contributed by atoms with E-state index in [1.165, 1.54) is 6.08 Å². The molecular weight excluding hydrogens is 76.1 g/mol. The Morgan fingerprint density at radius 2 is 2.33 bits per heavy atom. The maximum atomic E-state index is 9.48. The molecule has 0 aliphatic carbocycles. The zero-order valence-electron chi connectivity index (χ0n) is 3.85. The average Bonchev–Trinajstić information content (AvgIpc) is 1.61. The van der Waals surface area contributed by atoms with Gasteiger partial charge in [0.2, 0.25) is 0 Å². The molecule has 0 radical (unpaired) electrons. The van der Waals surface area contributed by atoms with Crippen LogP contribution in [0.1, 0.15) is 13.3 Å². The number of aldehydes is 1. The number of carbonyl (C=O) groups is 1. The summed E-state index contributed by atoms with van der Waals surface area (Å²) < 4.78 is 0. The first-order valence-electron chi connectivity index (χ1n) is 2.02. The van der Waals surface area contributed by atoms with Gasteiger partial charge >= 0.3 is 0 Å². The van der Waals surface area contributed by atoms with Crippen LogP contribution in [0.3, 0.4) is 0 Å². The molecule has 0 aliphatic heterocycles. The van der Waals surface area contributed by atoms with Crippen molar-refractivity contribution in [1.82, 2.24) is 0 Å². The first-order valence-corrected chi connectivity index (χ1v) is 2.02. The average molecular weight is 84.1 g/mol. The molecule has 0 unspecified atom stereocenters. The molecule has 6 heavy (non-hydrogen) atoms. The first kappa shape index (κ1) is 5.41. The lowest BCUT2D eigenvalue weighted by molar-refractivity contribution is -0.104. The molecule has 0 heterocycles. The van der Waals surface area contributed by atoms with Crippen molar-refractivity contribution < 1.29 is 4.79 Å². The summed E-state index contributed by atoms with van der Waals surface area (Å²) in [6, 6.07) is 0. The van der Waals surface area contributed by atoms with Crippen molar-refractivity contribution in [2.75, 3.05) is 0 Å². The molecule has 0 atom stereocenters. The molecule has 0 spiro atoms. The lowest BCUT2D eigenvalue weighted by atomic mass is 10.4. The highest BCUT2D eigenvalue weighted by Crippen LogP contribution is 1.72. The highest BCUT2D eigenvalue weighted by Gasteiger charge is 1.58. The second-order valence-corrected chi connectivity index (χ2v) is 0.972. The molecule has 0 aromatic rings. The molecule has 0 aliphatic rings. The van der Waals surface area contributed by atoms with Gasteiger partial charge in [0.1, 0.15) is 6.29 Å². The zero-order chi connectivity index (χ0) is 4.83. The summed E-state index contributed by atoms with van der Waals surface area (Å²) in [7, 11) is 0. The van der Waals surface area contributed by atoms with Crippen LogP contribution in [0.25, 0.3) is 0 Å². The van der Waals surface area contributed by atoms with Gasteiger partial charge < -0.3 is 0 Å². The zero-order valence-corrected chi connectivity index (χ0v) is 3.85.